The topological polar surface area (TPSA) is 3.24 Å². The standard InChI is InChI=1S/C11H14FN/c1-13-7-6-10(8-13)9-2-4-11(12)5-3-9/h2-5,10H,6-8H2,1H3. The second-order valence-electron chi connectivity index (χ2n) is 3.80. The van der Waals surface area contributed by atoms with Gasteiger partial charge in [0.05, 0.1) is 0 Å². The molecule has 0 spiro atoms. The lowest BCUT2D eigenvalue weighted by Gasteiger charge is -2.10. The van der Waals surface area contributed by atoms with E-state index >= 15 is 0 Å². The maximum Gasteiger partial charge on any atom is 0.123 e. The fourth-order valence-electron chi connectivity index (χ4n) is 1.94. The van der Waals surface area contributed by atoms with Crippen LogP contribution in [-0.2, 0) is 0 Å². The third-order valence-corrected chi connectivity index (χ3v) is 2.73. The summed E-state index contributed by atoms with van der Waals surface area (Å²) in [5.74, 6) is 0.459. The van der Waals surface area contributed by atoms with Gasteiger partial charge in [-0.3, -0.25) is 0 Å². The van der Waals surface area contributed by atoms with E-state index in [9.17, 15) is 4.39 Å². The molecule has 1 aromatic carbocycles. The molecule has 0 aromatic heterocycles. The van der Waals surface area contributed by atoms with Gasteiger partial charge >= 0.3 is 0 Å². The van der Waals surface area contributed by atoms with Gasteiger partial charge in [0.15, 0.2) is 0 Å². The van der Waals surface area contributed by atoms with Gasteiger partial charge in [0, 0.05) is 6.54 Å². The minimum absolute atomic E-state index is 0.143. The zero-order valence-corrected chi connectivity index (χ0v) is 7.83. The summed E-state index contributed by atoms with van der Waals surface area (Å²) in [6, 6.07) is 6.90. The Morgan fingerprint density at radius 3 is 2.54 bits per heavy atom. The molecule has 70 valence electrons. The van der Waals surface area contributed by atoms with E-state index < -0.39 is 0 Å². The SMILES string of the molecule is CN1CCC(c2ccc(F)cc2)C1. The molecular weight excluding hydrogens is 165 g/mol. The van der Waals surface area contributed by atoms with E-state index in [1.807, 2.05) is 12.1 Å². The molecule has 1 aliphatic heterocycles. The van der Waals surface area contributed by atoms with Crippen molar-refractivity contribution in [3.05, 3.63) is 35.6 Å². The predicted molar refractivity (Wildman–Crippen MR) is 51.3 cm³/mol. The van der Waals surface area contributed by atoms with Gasteiger partial charge in [-0.1, -0.05) is 12.1 Å². The van der Waals surface area contributed by atoms with Crippen LogP contribution in [0, 0.1) is 5.82 Å². The van der Waals surface area contributed by atoms with Crippen LogP contribution in [0.15, 0.2) is 24.3 Å². The highest BCUT2D eigenvalue weighted by Crippen LogP contribution is 2.25. The zero-order chi connectivity index (χ0) is 9.26. The number of hydrogen-bond donors (Lipinski definition) is 0. The van der Waals surface area contributed by atoms with Crippen LogP contribution in [0.1, 0.15) is 17.9 Å². The Kier molecular flexibility index (Phi) is 2.32. The molecule has 1 saturated heterocycles. The normalized spacial score (nSPS) is 23.7. The molecule has 0 N–H and O–H groups in total. The van der Waals surface area contributed by atoms with Crippen molar-refractivity contribution in [3.63, 3.8) is 0 Å². The van der Waals surface area contributed by atoms with Crippen molar-refractivity contribution in [2.24, 2.45) is 0 Å². The van der Waals surface area contributed by atoms with Crippen LogP contribution >= 0.6 is 0 Å². The molecule has 1 heterocycles. The van der Waals surface area contributed by atoms with Crippen LogP contribution in [-0.4, -0.2) is 25.0 Å². The first-order chi connectivity index (χ1) is 6.25. The van der Waals surface area contributed by atoms with Crippen molar-refractivity contribution in [1.29, 1.82) is 0 Å². The number of hydrogen-bond acceptors (Lipinski definition) is 1. The van der Waals surface area contributed by atoms with Crippen molar-refractivity contribution in [1.82, 2.24) is 4.90 Å². The highest BCUT2D eigenvalue weighted by Gasteiger charge is 2.20. The Morgan fingerprint density at radius 1 is 1.31 bits per heavy atom. The Balaban J connectivity index is 2.13. The second-order valence-corrected chi connectivity index (χ2v) is 3.80. The average Bonchev–Trinajstić information content (AvgIpc) is 2.53. The molecule has 1 aliphatic rings. The monoisotopic (exact) mass is 179 g/mol. The molecule has 0 saturated carbocycles. The summed E-state index contributed by atoms with van der Waals surface area (Å²) >= 11 is 0. The average molecular weight is 179 g/mol. The number of rotatable bonds is 1. The van der Waals surface area contributed by atoms with E-state index in [4.69, 9.17) is 0 Å². The lowest BCUT2D eigenvalue weighted by Crippen LogP contribution is -2.13. The fourth-order valence-corrected chi connectivity index (χ4v) is 1.94. The highest BCUT2D eigenvalue weighted by molar-refractivity contribution is 5.21. The van der Waals surface area contributed by atoms with Gasteiger partial charge in [-0.2, -0.15) is 0 Å². The van der Waals surface area contributed by atoms with E-state index in [0.29, 0.717) is 5.92 Å². The number of nitrogens with zero attached hydrogens (tertiary/aromatic N) is 1. The molecule has 0 radical (unpaired) electrons. The highest BCUT2D eigenvalue weighted by atomic mass is 19.1. The van der Waals surface area contributed by atoms with Crippen LogP contribution < -0.4 is 0 Å². The van der Waals surface area contributed by atoms with Crippen LogP contribution in [0.4, 0.5) is 4.39 Å². The van der Waals surface area contributed by atoms with Gasteiger partial charge in [-0.15, -0.1) is 0 Å². The summed E-state index contributed by atoms with van der Waals surface area (Å²) in [5.41, 5.74) is 1.27. The molecule has 0 bridgehead atoms. The first-order valence-electron chi connectivity index (χ1n) is 4.70. The van der Waals surface area contributed by atoms with Gasteiger partial charge in [-0.05, 0) is 43.6 Å². The molecule has 1 aromatic rings. The van der Waals surface area contributed by atoms with Crippen molar-refractivity contribution in [2.75, 3.05) is 20.1 Å². The molecule has 1 fully saturated rings. The fraction of sp³-hybridized carbons (Fsp3) is 0.455. The minimum Gasteiger partial charge on any atom is -0.306 e. The summed E-state index contributed by atoms with van der Waals surface area (Å²) in [4.78, 5) is 2.31. The first-order valence-corrected chi connectivity index (χ1v) is 4.70. The summed E-state index contributed by atoms with van der Waals surface area (Å²) < 4.78 is 12.6. The molecule has 1 unspecified atom stereocenters. The Labute approximate surface area is 78.2 Å². The second kappa shape index (κ2) is 3.46. The first kappa shape index (κ1) is 8.70. The zero-order valence-electron chi connectivity index (χ0n) is 7.83. The van der Waals surface area contributed by atoms with Crippen molar-refractivity contribution < 1.29 is 4.39 Å². The minimum atomic E-state index is -0.143. The van der Waals surface area contributed by atoms with E-state index in [0.717, 1.165) is 13.1 Å². The van der Waals surface area contributed by atoms with Crippen LogP contribution in [0.3, 0.4) is 0 Å². The van der Waals surface area contributed by atoms with Gasteiger partial charge in [0.2, 0.25) is 0 Å². The van der Waals surface area contributed by atoms with Crippen molar-refractivity contribution >= 4 is 0 Å². The van der Waals surface area contributed by atoms with Gasteiger partial charge in [-0.25, -0.2) is 4.39 Å². The molecule has 13 heavy (non-hydrogen) atoms. The third-order valence-electron chi connectivity index (χ3n) is 2.73. The smallest absolute Gasteiger partial charge is 0.123 e. The molecule has 2 heteroatoms. The van der Waals surface area contributed by atoms with Gasteiger partial charge < -0.3 is 4.90 Å². The summed E-state index contributed by atoms with van der Waals surface area (Å²) in [6.07, 6.45) is 1.20. The number of likely N-dealkylation sites (N-methyl/N-ethyl adjacent to an activating group) is 1. The number of likely N-dealkylation sites (tertiary alicyclic amines) is 1. The Morgan fingerprint density at radius 2 is 2.00 bits per heavy atom. The van der Waals surface area contributed by atoms with E-state index in [1.165, 1.54) is 12.0 Å². The maximum absolute atomic E-state index is 12.6. The van der Waals surface area contributed by atoms with E-state index in [2.05, 4.69) is 11.9 Å². The van der Waals surface area contributed by atoms with Gasteiger partial charge in [0.1, 0.15) is 5.82 Å². The summed E-state index contributed by atoms with van der Waals surface area (Å²) in [6.45, 7) is 2.26. The summed E-state index contributed by atoms with van der Waals surface area (Å²) in [7, 11) is 2.13. The maximum atomic E-state index is 12.6. The van der Waals surface area contributed by atoms with Crippen molar-refractivity contribution in [3.8, 4) is 0 Å². The predicted octanol–water partition coefficient (Wildman–Crippen LogP) is 2.24. The molecule has 1 atom stereocenters. The lowest BCUT2D eigenvalue weighted by atomic mass is 9.99. The lowest BCUT2D eigenvalue weighted by molar-refractivity contribution is 0.411. The van der Waals surface area contributed by atoms with E-state index in [-0.39, 0.29) is 5.82 Å². The molecule has 2 rings (SSSR count). The molecule has 0 amide bonds. The Bertz CT molecular complexity index is 281. The largest absolute Gasteiger partial charge is 0.306 e. The quantitative estimate of drug-likeness (QED) is 0.639. The molecule has 0 aliphatic carbocycles. The number of benzene rings is 1. The number of halogens is 1. The molecular formula is C11H14FN. The van der Waals surface area contributed by atoms with Crippen LogP contribution in [0.2, 0.25) is 0 Å². The molecule has 1 nitrogen and oxygen atoms in total. The van der Waals surface area contributed by atoms with E-state index in [1.54, 1.807) is 12.1 Å². The third kappa shape index (κ3) is 1.89. The van der Waals surface area contributed by atoms with Gasteiger partial charge in [0.25, 0.3) is 0 Å². The summed E-state index contributed by atoms with van der Waals surface area (Å²) in [5, 5.41) is 0. The van der Waals surface area contributed by atoms with Crippen molar-refractivity contribution in [2.45, 2.75) is 12.3 Å². The van der Waals surface area contributed by atoms with Crippen LogP contribution in [0.25, 0.3) is 0 Å². The Hall–Kier alpha value is -0.890. The van der Waals surface area contributed by atoms with Crippen LogP contribution in [0.5, 0.6) is 0 Å².